The zero-order valence-electron chi connectivity index (χ0n) is 31.0. The van der Waals surface area contributed by atoms with Crippen LogP contribution in [0.4, 0.5) is 0 Å². The first-order valence-corrected chi connectivity index (χ1v) is 19.4. The molecule has 0 N–H and O–H groups in total. The smallest absolute Gasteiger partial charge is 0.164 e. The quantitative estimate of drug-likeness (QED) is 0.208. The van der Waals surface area contributed by atoms with E-state index in [1.165, 1.54) is 90.9 Å². The van der Waals surface area contributed by atoms with Crippen molar-refractivity contribution in [1.82, 2.24) is 15.0 Å². The Hall–Kier alpha value is -5.91. The van der Waals surface area contributed by atoms with Gasteiger partial charge < -0.3 is 0 Å². The monoisotopic (exact) mass is 701 g/mol. The minimum atomic E-state index is 0.680. The second-order valence-corrected chi connectivity index (χ2v) is 15.6. The molecule has 2 heterocycles. The van der Waals surface area contributed by atoms with E-state index in [-0.39, 0.29) is 0 Å². The molecule has 0 aliphatic heterocycles. The highest BCUT2D eigenvalue weighted by molar-refractivity contribution is 7.26. The van der Waals surface area contributed by atoms with Gasteiger partial charge in [-0.15, -0.1) is 27.7 Å². The summed E-state index contributed by atoms with van der Waals surface area (Å²) in [7, 11) is 11.0. The van der Waals surface area contributed by atoms with E-state index in [4.69, 9.17) is 15.0 Å². The van der Waals surface area contributed by atoms with Crippen LogP contribution in [-0.2, 0) is 0 Å². The van der Waals surface area contributed by atoms with E-state index in [0.29, 0.717) is 17.5 Å². The first kappa shape index (κ1) is 32.7. The lowest BCUT2D eigenvalue weighted by Crippen LogP contribution is -2.55. The van der Waals surface area contributed by atoms with Crippen LogP contribution in [0.15, 0.2) is 133 Å². The molecule has 0 aliphatic rings. The number of fused-ring (bicyclic) bond motifs is 9. The Labute approximate surface area is 322 Å². The van der Waals surface area contributed by atoms with Gasteiger partial charge in [0.05, 0.1) is 0 Å². The number of hydrogen-bond donors (Lipinski definition) is 0. The third-order valence-corrected chi connectivity index (χ3v) is 12.9. The van der Waals surface area contributed by atoms with Crippen molar-refractivity contribution in [2.75, 3.05) is 0 Å². The summed E-state index contributed by atoms with van der Waals surface area (Å²) in [5, 5.41) is 10.2. The van der Waals surface area contributed by atoms with Crippen molar-refractivity contribution in [3.63, 3.8) is 0 Å². The lowest BCUT2D eigenvalue weighted by Gasteiger charge is -2.20. The molecule has 0 amide bonds. The van der Waals surface area contributed by atoms with E-state index >= 15 is 0 Å². The Balaban J connectivity index is 1.15. The number of benzene rings is 8. The van der Waals surface area contributed by atoms with Gasteiger partial charge in [0.25, 0.3) is 0 Å². The van der Waals surface area contributed by atoms with Gasteiger partial charge in [-0.3, -0.25) is 0 Å². The average molecular weight is 701 g/mol. The number of hydrogen-bond acceptors (Lipinski definition) is 4. The largest absolute Gasteiger partial charge is 0.208 e. The van der Waals surface area contributed by atoms with Gasteiger partial charge in [0.1, 0.15) is 39.2 Å². The molecule has 8 aromatic carbocycles. The fraction of sp³-hybridized carbons (Fsp3) is 0. The van der Waals surface area contributed by atoms with Crippen LogP contribution in [-0.4, -0.2) is 54.2 Å². The zero-order valence-corrected chi connectivity index (χ0v) is 31.8. The van der Waals surface area contributed by atoms with E-state index in [1.807, 2.05) is 29.5 Å². The highest BCUT2D eigenvalue weighted by Gasteiger charge is 2.20. The number of thiophene rings is 1. The summed E-state index contributed by atoms with van der Waals surface area (Å²) >= 11 is 1.85. The molecule has 9 heteroatoms. The van der Waals surface area contributed by atoms with Gasteiger partial charge in [0.2, 0.25) is 0 Å². The molecule has 0 bridgehead atoms. The van der Waals surface area contributed by atoms with Crippen molar-refractivity contribution in [3.8, 4) is 45.3 Å². The molecule has 0 fully saturated rings. The van der Waals surface area contributed by atoms with Crippen molar-refractivity contribution in [1.29, 1.82) is 0 Å². The molecule has 0 unspecified atom stereocenters. The van der Waals surface area contributed by atoms with Crippen LogP contribution < -0.4 is 27.3 Å². The molecule has 0 radical (unpaired) electrons. The van der Waals surface area contributed by atoms with Crippen LogP contribution in [0.5, 0.6) is 0 Å². The summed E-state index contributed by atoms with van der Waals surface area (Å²) < 4.78 is 2.53. The number of nitrogens with zero attached hydrogens (tertiary/aromatic N) is 3. The predicted octanol–water partition coefficient (Wildman–Crippen LogP) is 3.66. The van der Waals surface area contributed by atoms with Gasteiger partial charge in [0, 0.05) is 36.9 Å². The summed E-state index contributed by atoms with van der Waals surface area (Å²) in [6, 6.07) is 48.2. The Morgan fingerprint density at radius 2 is 0.852 bits per heavy atom. The highest BCUT2D eigenvalue weighted by atomic mass is 32.1. The van der Waals surface area contributed by atoms with E-state index in [2.05, 4.69) is 154 Å². The molecule has 248 valence electrons. The van der Waals surface area contributed by atoms with Crippen molar-refractivity contribution < 1.29 is 0 Å². The fourth-order valence-electron chi connectivity index (χ4n) is 8.41. The van der Waals surface area contributed by atoms with E-state index in [0.717, 1.165) is 16.7 Å². The lowest BCUT2D eigenvalue weighted by atomic mass is 9.60. The number of aromatic nitrogens is 3. The molecule has 3 nitrogen and oxygen atoms in total. The van der Waals surface area contributed by atoms with Gasteiger partial charge in [-0.1, -0.05) is 120 Å². The fourth-order valence-corrected chi connectivity index (χ4v) is 9.63. The second-order valence-electron chi connectivity index (χ2n) is 14.5. The topological polar surface area (TPSA) is 38.7 Å². The van der Waals surface area contributed by atoms with Crippen LogP contribution in [0.25, 0.3) is 97.8 Å². The summed E-state index contributed by atoms with van der Waals surface area (Å²) in [6.45, 7) is 0. The van der Waals surface area contributed by atoms with Crippen LogP contribution in [0.3, 0.4) is 0 Å². The van der Waals surface area contributed by atoms with Gasteiger partial charge in [-0.05, 0) is 67.7 Å². The molecule has 0 saturated heterocycles. The first-order chi connectivity index (χ1) is 26.4. The summed E-state index contributed by atoms with van der Waals surface area (Å²) in [6.07, 6.45) is 0. The van der Waals surface area contributed by atoms with Crippen molar-refractivity contribution in [3.05, 3.63) is 133 Å². The van der Waals surface area contributed by atoms with Crippen LogP contribution >= 0.6 is 11.3 Å². The first-order valence-electron chi connectivity index (χ1n) is 18.5. The molecule has 0 spiro atoms. The van der Waals surface area contributed by atoms with E-state index < -0.39 is 0 Å². The molecule has 10 aromatic rings. The summed E-state index contributed by atoms with van der Waals surface area (Å²) in [5.74, 6) is 2.08. The minimum absolute atomic E-state index is 0.680. The number of rotatable bonds is 4. The lowest BCUT2D eigenvalue weighted by molar-refractivity contribution is 1.08. The van der Waals surface area contributed by atoms with E-state index in [9.17, 15) is 0 Å². The Kier molecular flexibility index (Phi) is 7.64. The zero-order chi connectivity index (χ0) is 36.7. The SMILES string of the molecule is Bc1c(B)c(B)c(-c2nc(-c3ccccc3)nc(-c3ccc4sc5c(-c6ccc7c8ccccc8c8ccccc8c7c6)cccc5c4c3)n2)c(B)c1B. The Bertz CT molecular complexity index is 3120. The van der Waals surface area contributed by atoms with Gasteiger partial charge in [-0.25, -0.2) is 15.0 Å². The minimum Gasteiger partial charge on any atom is -0.208 e. The maximum Gasteiger partial charge on any atom is 0.164 e. The van der Waals surface area contributed by atoms with Gasteiger partial charge in [-0.2, -0.15) is 0 Å². The third kappa shape index (κ3) is 5.06. The normalized spacial score (nSPS) is 11.7. The summed E-state index contributed by atoms with van der Waals surface area (Å²) in [4.78, 5) is 15.5. The Morgan fingerprint density at radius 3 is 1.52 bits per heavy atom. The van der Waals surface area contributed by atoms with Crippen LogP contribution in [0.1, 0.15) is 0 Å². The highest BCUT2D eigenvalue weighted by Crippen LogP contribution is 2.43. The average Bonchev–Trinajstić information content (AvgIpc) is 3.61. The van der Waals surface area contributed by atoms with Crippen LogP contribution in [0.2, 0.25) is 0 Å². The van der Waals surface area contributed by atoms with Gasteiger partial charge >= 0.3 is 0 Å². The second kappa shape index (κ2) is 12.6. The van der Waals surface area contributed by atoms with Crippen molar-refractivity contribution in [2.45, 2.75) is 0 Å². The molecule has 0 atom stereocenters. The molecule has 0 aliphatic carbocycles. The summed E-state index contributed by atoms with van der Waals surface area (Å²) in [5.41, 5.74) is 11.8. The Morgan fingerprint density at radius 1 is 0.352 bits per heavy atom. The molecular weight excluding hydrogens is 669 g/mol. The van der Waals surface area contributed by atoms with Gasteiger partial charge in [0.15, 0.2) is 17.5 Å². The molecule has 2 aromatic heterocycles. The molecular formula is C45H32B5N3S. The maximum absolute atomic E-state index is 5.23. The molecule has 10 rings (SSSR count). The van der Waals surface area contributed by atoms with E-state index in [1.54, 1.807) is 0 Å². The third-order valence-electron chi connectivity index (χ3n) is 11.7. The van der Waals surface area contributed by atoms with Crippen molar-refractivity contribution in [2.24, 2.45) is 0 Å². The maximum atomic E-state index is 5.23. The van der Waals surface area contributed by atoms with Crippen LogP contribution in [0, 0.1) is 0 Å². The molecule has 0 saturated carbocycles. The predicted molar refractivity (Wildman–Crippen MR) is 248 cm³/mol. The standard InChI is InChI=1S/C45H32B5N3S/c46-37-36(38(47)40(49)41(50)39(37)48)45-52-43(23-9-2-1-3-10-23)51-44(53-45)25-18-20-35-34(22-25)32-16-8-15-26(42(32)54-35)24-17-19-31-29-13-5-4-11-27(29)28-12-6-7-14-30(28)33(31)21-24/h1-22H,46-50H2. The molecule has 54 heavy (non-hydrogen) atoms. The van der Waals surface area contributed by atoms with Crippen molar-refractivity contribution >= 4 is 130 Å².